The number of likely N-dealkylation sites (tertiary alicyclic amines) is 1. The number of hydrogen-bond acceptors (Lipinski definition) is 4. The normalized spacial score (nSPS) is 18.8. The molecule has 4 rings (SSSR count). The summed E-state index contributed by atoms with van der Waals surface area (Å²) in [6, 6.07) is 23.8. The molecule has 0 spiro atoms. The number of benzene rings is 2. The predicted octanol–water partition coefficient (Wildman–Crippen LogP) is 5.13. The fourth-order valence-electron chi connectivity index (χ4n) is 5.05. The third kappa shape index (κ3) is 7.50. The first-order chi connectivity index (χ1) is 17.4. The molecule has 5 nitrogen and oxygen atoms in total. The van der Waals surface area contributed by atoms with Crippen molar-refractivity contribution in [1.29, 1.82) is 0 Å². The van der Waals surface area contributed by atoms with Crippen molar-refractivity contribution >= 4 is 5.84 Å². The molecule has 1 aliphatic carbocycles. The summed E-state index contributed by atoms with van der Waals surface area (Å²) in [6.07, 6.45) is 10.6. The summed E-state index contributed by atoms with van der Waals surface area (Å²) < 4.78 is 0. The van der Waals surface area contributed by atoms with E-state index < -0.39 is 0 Å². The molecular formula is C31H41N5. The van der Waals surface area contributed by atoms with Crippen LogP contribution in [0.3, 0.4) is 0 Å². The Morgan fingerprint density at radius 2 is 1.64 bits per heavy atom. The van der Waals surface area contributed by atoms with Crippen LogP contribution in [0.2, 0.25) is 0 Å². The van der Waals surface area contributed by atoms with Gasteiger partial charge in [-0.1, -0.05) is 73.7 Å². The molecule has 0 bridgehead atoms. The number of amidine groups is 1. The Labute approximate surface area is 217 Å². The SMILES string of the molecule is C#CNC1CCC(N=C(C)N)=C(C)C1.C=C(C(N)C(c1ccccc1)c1ccccc1)N1CCCC1. The molecule has 0 aromatic heterocycles. The number of nitrogens with two attached hydrogens (primary N) is 2. The lowest BCUT2D eigenvalue weighted by atomic mass is 9.84. The molecule has 2 unspecified atom stereocenters. The summed E-state index contributed by atoms with van der Waals surface area (Å²) in [7, 11) is 0. The molecule has 5 N–H and O–H groups in total. The maximum atomic E-state index is 6.66. The fraction of sp³-hybridized carbons (Fsp3) is 0.387. The van der Waals surface area contributed by atoms with Crippen LogP contribution in [0.15, 0.2) is 89.2 Å². The van der Waals surface area contributed by atoms with Gasteiger partial charge in [0, 0.05) is 42.5 Å². The van der Waals surface area contributed by atoms with Crippen LogP contribution in [0.1, 0.15) is 63.0 Å². The van der Waals surface area contributed by atoms with Crippen molar-refractivity contribution in [2.45, 2.75) is 64.0 Å². The van der Waals surface area contributed by atoms with Crippen LogP contribution in [0.5, 0.6) is 0 Å². The zero-order chi connectivity index (χ0) is 25.9. The second-order valence-corrected chi connectivity index (χ2v) is 9.72. The largest absolute Gasteiger partial charge is 0.387 e. The average Bonchev–Trinajstić information content (AvgIpc) is 3.42. The third-order valence-electron chi connectivity index (χ3n) is 6.95. The van der Waals surface area contributed by atoms with E-state index in [4.69, 9.17) is 17.9 Å². The van der Waals surface area contributed by atoms with Gasteiger partial charge in [-0.05, 0) is 62.7 Å². The number of aliphatic imine (C=N–C) groups is 1. The van der Waals surface area contributed by atoms with Crippen LogP contribution in [0.25, 0.3) is 0 Å². The van der Waals surface area contributed by atoms with Gasteiger partial charge in [0.05, 0.1) is 11.9 Å². The van der Waals surface area contributed by atoms with Gasteiger partial charge in [0.1, 0.15) is 0 Å². The molecule has 1 fully saturated rings. The second-order valence-electron chi connectivity index (χ2n) is 9.72. The van der Waals surface area contributed by atoms with E-state index >= 15 is 0 Å². The zero-order valence-electron chi connectivity index (χ0n) is 21.8. The molecule has 1 aliphatic heterocycles. The Bertz CT molecular complexity index is 1030. The lowest BCUT2D eigenvalue weighted by molar-refractivity contribution is 0.384. The number of rotatable bonds is 7. The van der Waals surface area contributed by atoms with Crippen molar-refractivity contribution in [3.63, 3.8) is 0 Å². The summed E-state index contributed by atoms with van der Waals surface area (Å²) in [6.45, 7) is 10.4. The van der Waals surface area contributed by atoms with Gasteiger partial charge in [-0.15, -0.1) is 0 Å². The van der Waals surface area contributed by atoms with Gasteiger partial charge >= 0.3 is 0 Å². The van der Waals surface area contributed by atoms with Crippen molar-refractivity contribution in [1.82, 2.24) is 10.2 Å². The minimum atomic E-state index is -0.0945. The molecule has 1 saturated heterocycles. The highest BCUT2D eigenvalue weighted by molar-refractivity contribution is 5.78. The van der Waals surface area contributed by atoms with Gasteiger partial charge in [0.2, 0.25) is 0 Å². The summed E-state index contributed by atoms with van der Waals surface area (Å²) in [5, 5.41) is 3.00. The number of nitrogens with zero attached hydrogens (tertiary/aromatic N) is 2. The Morgan fingerprint density at radius 3 is 2.11 bits per heavy atom. The smallest absolute Gasteiger partial charge is 0.0960 e. The fourth-order valence-corrected chi connectivity index (χ4v) is 5.05. The predicted molar refractivity (Wildman–Crippen MR) is 152 cm³/mol. The number of allylic oxidation sites excluding steroid dienone is 1. The van der Waals surface area contributed by atoms with Crippen LogP contribution in [0.4, 0.5) is 0 Å². The molecule has 1 heterocycles. The zero-order valence-corrected chi connectivity index (χ0v) is 21.8. The average molecular weight is 484 g/mol. The molecule has 190 valence electrons. The van der Waals surface area contributed by atoms with Crippen LogP contribution >= 0.6 is 0 Å². The van der Waals surface area contributed by atoms with E-state index in [-0.39, 0.29) is 12.0 Å². The standard InChI is InChI=1S/C20H24N2.C11H17N3/c1-16(22-14-8-9-15-22)20(21)19(17-10-4-2-5-11-17)18-12-6-3-7-13-18;1-4-13-10-5-6-11(8(2)7-10)14-9(3)12/h2-7,10-13,19-20H,1,8-9,14-15,21H2;1,10,13H,5-7H2,2-3H3,(H2,12,14). The topological polar surface area (TPSA) is 79.7 Å². The quantitative estimate of drug-likeness (QED) is 0.221. The lowest BCUT2D eigenvalue weighted by Crippen LogP contribution is -2.38. The summed E-state index contributed by atoms with van der Waals surface area (Å²) in [4.78, 5) is 6.66. The van der Waals surface area contributed by atoms with Crippen molar-refractivity contribution in [2.75, 3.05) is 13.1 Å². The Hall–Kier alpha value is -3.49. The van der Waals surface area contributed by atoms with Gasteiger partial charge < -0.3 is 21.7 Å². The van der Waals surface area contributed by atoms with E-state index in [2.05, 4.69) is 83.3 Å². The molecule has 0 amide bonds. The minimum Gasteiger partial charge on any atom is -0.387 e. The van der Waals surface area contributed by atoms with Gasteiger partial charge in [-0.3, -0.25) is 0 Å². The van der Waals surface area contributed by atoms with Gasteiger partial charge in [-0.2, -0.15) is 0 Å². The monoisotopic (exact) mass is 483 g/mol. The Morgan fingerprint density at radius 1 is 1.08 bits per heavy atom. The van der Waals surface area contributed by atoms with Gasteiger partial charge in [0.25, 0.3) is 0 Å². The van der Waals surface area contributed by atoms with E-state index in [1.54, 1.807) is 0 Å². The van der Waals surface area contributed by atoms with Crippen molar-refractivity contribution < 1.29 is 0 Å². The molecule has 2 aromatic rings. The van der Waals surface area contributed by atoms with Crippen LogP contribution in [-0.4, -0.2) is 35.9 Å². The van der Waals surface area contributed by atoms with Crippen molar-refractivity contribution in [3.8, 4) is 12.5 Å². The first kappa shape index (κ1) is 27.1. The lowest BCUT2D eigenvalue weighted by Gasteiger charge is -2.32. The van der Waals surface area contributed by atoms with Gasteiger partial charge in [-0.25, -0.2) is 4.99 Å². The van der Waals surface area contributed by atoms with Crippen LogP contribution in [-0.2, 0) is 0 Å². The van der Waals surface area contributed by atoms with Crippen molar-refractivity contribution in [3.05, 3.63) is 95.3 Å². The van der Waals surface area contributed by atoms with Crippen LogP contribution in [0, 0.1) is 12.5 Å². The Balaban J connectivity index is 0.000000223. The number of hydrogen-bond donors (Lipinski definition) is 3. The molecule has 2 aromatic carbocycles. The van der Waals surface area contributed by atoms with E-state index in [1.807, 2.05) is 19.1 Å². The number of terminal acetylenes is 1. The van der Waals surface area contributed by atoms with E-state index in [9.17, 15) is 0 Å². The van der Waals surface area contributed by atoms with Crippen LogP contribution < -0.4 is 16.8 Å². The maximum absolute atomic E-state index is 6.66. The molecule has 5 heteroatoms. The summed E-state index contributed by atoms with van der Waals surface area (Å²) >= 11 is 0. The highest BCUT2D eigenvalue weighted by atomic mass is 15.2. The number of nitrogens with one attached hydrogen (secondary N) is 1. The molecule has 0 saturated carbocycles. The highest BCUT2D eigenvalue weighted by Crippen LogP contribution is 2.31. The van der Waals surface area contributed by atoms with E-state index in [0.717, 1.165) is 43.7 Å². The maximum Gasteiger partial charge on any atom is 0.0960 e. The first-order valence-electron chi connectivity index (χ1n) is 12.9. The highest BCUT2D eigenvalue weighted by Gasteiger charge is 2.27. The van der Waals surface area contributed by atoms with Crippen molar-refractivity contribution in [2.24, 2.45) is 16.5 Å². The molecule has 2 aliphatic rings. The second kappa shape index (κ2) is 13.6. The summed E-state index contributed by atoms with van der Waals surface area (Å²) in [5.74, 6) is 0.776. The Kier molecular flexibility index (Phi) is 10.2. The molecule has 2 atom stereocenters. The summed E-state index contributed by atoms with van der Waals surface area (Å²) in [5.41, 5.74) is 18.2. The molecule has 36 heavy (non-hydrogen) atoms. The van der Waals surface area contributed by atoms with E-state index in [0.29, 0.717) is 11.9 Å². The third-order valence-corrected chi connectivity index (χ3v) is 6.95. The van der Waals surface area contributed by atoms with Gasteiger partial charge in [0.15, 0.2) is 0 Å². The minimum absolute atomic E-state index is 0.0945. The molecular weight excluding hydrogens is 442 g/mol. The molecule has 0 radical (unpaired) electrons. The van der Waals surface area contributed by atoms with E-state index in [1.165, 1.54) is 29.5 Å². The first-order valence-corrected chi connectivity index (χ1v) is 12.9.